The summed E-state index contributed by atoms with van der Waals surface area (Å²) in [5.41, 5.74) is 1.84. The molecule has 2 aromatic carbocycles. The average molecular weight is 394 g/mol. The molecule has 2 rings (SSSR count). The van der Waals surface area contributed by atoms with E-state index in [9.17, 15) is 4.79 Å². The number of ether oxygens (including phenoxy) is 2. The molecule has 0 saturated heterocycles. The van der Waals surface area contributed by atoms with Crippen LogP contribution in [0.4, 0.5) is 0 Å². The van der Waals surface area contributed by atoms with E-state index in [0.717, 1.165) is 20.5 Å². The SMILES string of the molecule is COc1ccc(/C(I)=C(/OC(C)=O)c2ccccc2)cc1. The van der Waals surface area contributed by atoms with Gasteiger partial charge in [-0.15, -0.1) is 0 Å². The molecule has 0 fully saturated rings. The number of rotatable bonds is 4. The zero-order valence-electron chi connectivity index (χ0n) is 11.8. The Labute approximate surface area is 137 Å². The molecule has 0 spiro atoms. The predicted octanol–water partition coefficient (Wildman–Crippen LogP) is 4.52. The van der Waals surface area contributed by atoms with Crippen LogP contribution in [0.15, 0.2) is 54.6 Å². The van der Waals surface area contributed by atoms with Crippen LogP contribution in [0.3, 0.4) is 0 Å². The molecule has 0 aliphatic rings. The molecular formula is C17H15IO3. The van der Waals surface area contributed by atoms with Gasteiger partial charge in [0.1, 0.15) is 5.75 Å². The van der Waals surface area contributed by atoms with Gasteiger partial charge in [-0.2, -0.15) is 0 Å². The van der Waals surface area contributed by atoms with Gasteiger partial charge in [0, 0.05) is 12.5 Å². The second-order valence-electron chi connectivity index (χ2n) is 4.33. The van der Waals surface area contributed by atoms with Gasteiger partial charge in [0.05, 0.1) is 10.7 Å². The molecule has 0 heterocycles. The van der Waals surface area contributed by atoms with Crippen LogP contribution in [-0.4, -0.2) is 13.1 Å². The highest BCUT2D eigenvalue weighted by molar-refractivity contribution is 14.1. The molecule has 0 aromatic heterocycles. The van der Waals surface area contributed by atoms with E-state index in [1.807, 2.05) is 54.6 Å². The maximum Gasteiger partial charge on any atom is 0.308 e. The Morgan fingerprint density at radius 2 is 1.57 bits per heavy atom. The summed E-state index contributed by atoms with van der Waals surface area (Å²) in [5.74, 6) is 1.02. The van der Waals surface area contributed by atoms with Crippen molar-refractivity contribution in [1.29, 1.82) is 0 Å². The van der Waals surface area contributed by atoms with E-state index in [1.165, 1.54) is 6.92 Å². The smallest absolute Gasteiger partial charge is 0.308 e. The number of hydrogen-bond acceptors (Lipinski definition) is 3. The van der Waals surface area contributed by atoms with Crippen molar-refractivity contribution in [1.82, 2.24) is 0 Å². The lowest BCUT2D eigenvalue weighted by atomic mass is 10.1. The Kier molecular flexibility index (Phi) is 5.38. The summed E-state index contributed by atoms with van der Waals surface area (Å²) in [4.78, 5) is 11.4. The molecule has 0 aliphatic heterocycles. The summed E-state index contributed by atoms with van der Waals surface area (Å²) in [6, 6.07) is 17.2. The highest BCUT2D eigenvalue weighted by atomic mass is 127. The molecular weight excluding hydrogens is 379 g/mol. The highest BCUT2D eigenvalue weighted by Crippen LogP contribution is 2.33. The van der Waals surface area contributed by atoms with Crippen molar-refractivity contribution in [3.8, 4) is 5.75 Å². The zero-order chi connectivity index (χ0) is 15.2. The van der Waals surface area contributed by atoms with Gasteiger partial charge < -0.3 is 9.47 Å². The molecule has 0 bridgehead atoms. The van der Waals surface area contributed by atoms with Crippen molar-refractivity contribution in [3.05, 3.63) is 65.7 Å². The Hall–Kier alpha value is -1.82. The van der Waals surface area contributed by atoms with Gasteiger partial charge in [0.2, 0.25) is 0 Å². The number of benzene rings is 2. The van der Waals surface area contributed by atoms with Gasteiger partial charge >= 0.3 is 5.97 Å². The quantitative estimate of drug-likeness (QED) is 0.331. The maximum absolute atomic E-state index is 11.4. The van der Waals surface area contributed by atoms with Crippen LogP contribution in [0.1, 0.15) is 18.1 Å². The van der Waals surface area contributed by atoms with Crippen molar-refractivity contribution >= 4 is 37.9 Å². The van der Waals surface area contributed by atoms with Crippen LogP contribution in [0.25, 0.3) is 9.34 Å². The molecule has 2 aromatic rings. The third-order valence-corrected chi connectivity index (χ3v) is 3.94. The number of esters is 1. The maximum atomic E-state index is 11.4. The summed E-state index contributed by atoms with van der Waals surface area (Å²) < 4.78 is 11.4. The predicted molar refractivity (Wildman–Crippen MR) is 92.0 cm³/mol. The lowest BCUT2D eigenvalue weighted by Crippen LogP contribution is -2.00. The fourth-order valence-electron chi connectivity index (χ4n) is 1.83. The summed E-state index contributed by atoms with van der Waals surface area (Å²) in [6.07, 6.45) is 0. The number of methoxy groups -OCH3 is 1. The van der Waals surface area contributed by atoms with Gasteiger partial charge in [-0.05, 0) is 40.3 Å². The third-order valence-electron chi connectivity index (χ3n) is 2.82. The van der Waals surface area contributed by atoms with E-state index in [0.29, 0.717) is 5.76 Å². The summed E-state index contributed by atoms with van der Waals surface area (Å²) >= 11 is 2.19. The largest absolute Gasteiger partial charge is 0.497 e. The molecule has 0 aliphatic carbocycles. The first-order valence-corrected chi connectivity index (χ1v) is 7.47. The molecule has 3 nitrogen and oxygen atoms in total. The Morgan fingerprint density at radius 1 is 0.952 bits per heavy atom. The Morgan fingerprint density at radius 3 is 2.10 bits per heavy atom. The monoisotopic (exact) mass is 394 g/mol. The summed E-state index contributed by atoms with van der Waals surface area (Å²) in [6.45, 7) is 1.40. The Balaban J connectivity index is 2.47. The number of halogens is 1. The standard InChI is InChI=1S/C17H15IO3/c1-12(19)21-17(14-6-4-3-5-7-14)16(18)13-8-10-15(20-2)11-9-13/h3-11H,1-2H3/b17-16-. The Bertz CT molecular complexity index is 645. The summed E-state index contributed by atoms with van der Waals surface area (Å²) in [7, 11) is 1.63. The van der Waals surface area contributed by atoms with Crippen molar-refractivity contribution in [2.24, 2.45) is 0 Å². The van der Waals surface area contributed by atoms with Crippen molar-refractivity contribution < 1.29 is 14.3 Å². The molecule has 0 amide bonds. The van der Waals surface area contributed by atoms with E-state index >= 15 is 0 Å². The minimum Gasteiger partial charge on any atom is -0.497 e. The first kappa shape index (κ1) is 15.6. The van der Waals surface area contributed by atoms with Gasteiger partial charge in [0.15, 0.2) is 5.76 Å². The molecule has 108 valence electrons. The normalized spacial score (nSPS) is 11.6. The van der Waals surface area contributed by atoms with E-state index in [2.05, 4.69) is 22.6 Å². The van der Waals surface area contributed by atoms with Crippen molar-refractivity contribution in [2.45, 2.75) is 6.92 Å². The second-order valence-corrected chi connectivity index (χ2v) is 5.41. The van der Waals surface area contributed by atoms with Crippen LogP contribution in [0.2, 0.25) is 0 Å². The topological polar surface area (TPSA) is 35.5 Å². The van der Waals surface area contributed by atoms with Crippen molar-refractivity contribution in [3.63, 3.8) is 0 Å². The molecule has 0 saturated carbocycles. The summed E-state index contributed by atoms with van der Waals surface area (Å²) in [5, 5.41) is 0. The first-order valence-electron chi connectivity index (χ1n) is 6.40. The molecule has 0 N–H and O–H groups in total. The van der Waals surface area contributed by atoms with E-state index in [1.54, 1.807) is 7.11 Å². The zero-order valence-corrected chi connectivity index (χ0v) is 14.0. The fraction of sp³-hybridized carbons (Fsp3) is 0.118. The minimum atomic E-state index is -0.337. The fourth-order valence-corrected chi connectivity index (χ4v) is 2.61. The number of carbonyl (C=O) groups is 1. The van der Waals surface area contributed by atoms with Crippen LogP contribution in [0, 0.1) is 0 Å². The van der Waals surface area contributed by atoms with Crippen molar-refractivity contribution in [2.75, 3.05) is 7.11 Å². The lowest BCUT2D eigenvalue weighted by molar-refractivity contribution is -0.134. The second kappa shape index (κ2) is 7.26. The molecule has 0 atom stereocenters. The van der Waals surface area contributed by atoms with Crippen LogP contribution >= 0.6 is 22.6 Å². The molecule has 0 radical (unpaired) electrons. The molecule has 21 heavy (non-hydrogen) atoms. The average Bonchev–Trinajstić information content (AvgIpc) is 2.53. The number of carbonyl (C=O) groups excluding carboxylic acids is 1. The van der Waals surface area contributed by atoms with Gasteiger partial charge in [0.25, 0.3) is 0 Å². The van der Waals surface area contributed by atoms with Gasteiger partial charge in [-0.3, -0.25) is 4.79 Å². The van der Waals surface area contributed by atoms with E-state index < -0.39 is 0 Å². The molecule has 0 unspecified atom stereocenters. The van der Waals surface area contributed by atoms with Crippen LogP contribution in [-0.2, 0) is 9.53 Å². The third kappa shape index (κ3) is 4.07. The number of hydrogen-bond donors (Lipinski definition) is 0. The van der Waals surface area contributed by atoms with Gasteiger partial charge in [-0.25, -0.2) is 0 Å². The van der Waals surface area contributed by atoms with Gasteiger partial charge in [-0.1, -0.05) is 42.5 Å². The van der Waals surface area contributed by atoms with E-state index in [4.69, 9.17) is 9.47 Å². The lowest BCUT2D eigenvalue weighted by Gasteiger charge is -2.11. The minimum absolute atomic E-state index is 0.337. The highest BCUT2D eigenvalue weighted by Gasteiger charge is 2.13. The van der Waals surface area contributed by atoms with E-state index in [-0.39, 0.29) is 5.97 Å². The first-order chi connectivity index (χ1) is 10.1. The molecule has 4 heteroatoms. The van der Waals surface area contributed by atoms with Crippen LogP contribution < -0.4 is 4.74 Å². The van der Waals surface area contributed by atoms with Crippen LogP contribution in [0.5, 0.6) is 5.75 Å².